The maximum atomic E-state index is 4.82. The van der Waals surface area contributed by atoms with Gasteiger partial charge in [0.05, 0.1) is 22.1 Å². The number of para-hydroxylation sites is 4. The van der Waals surface area contributed by atoms with Crippen molar-refractivity contribution in [1.82, 2.24) is 9.97 Å². The van der Waals surface area contributed by atoms with E-state index in [1.165, 1.54) is 0 Å². The standard InChI is InChI=1S/C24H17N3.C2H6/c1-3-9-18(10-4-1)27(19-11-5-2-6-12-19)20-15-16-23-24(17-20)26-22-14-8-7-13-21(22)25-23;1-2/h1-17H;1-2H3. The van der Waals surface area contributed by atoms with E-state index in [2.05, 4.69) is 65.6 Å². The maximum Gasteiger partial charge on any atom is 0.0915 e. The summed E-state index contributed by atoms with van der Waals surface area (Å²) in [6, 6.07) is 35.0. The molecule has 0 unspecified atom stereocenters. The Bertz CT molecular complexity index is 1180. The molecule has 1 heterocycles. The zero-order chi connectivity index (χ0) is 20.1. The van der Waals surface area contributed by atoms with Gasteiger partial charge < -0.3 is 4.90 Å². The fraction of sp³-hybridized carbons (Fsp3) is 0.0769. The van der Waals surface area contributed by atoms with E-state index in [9.17, 15) is 0 Å². The first-order valence-corrected chi connectivity index (χ1v) is 9.95. The summed E-state index contributed by atoms with van der Waals surface area (Å²) in [4.78, 5) is 11.8. The van der Waals surface area contributed by atoms with E-state index in [1.807, 2.05) is 56.3 Å². The average molecular weight is 377 g/mol. The van der Waals surface area contributed by atoms with Crippen LogP contribution in [0, 0.1) is 0 Å². The molecule has 0 bridgehead atoms. The Kier molecular flexibility index (Phi) is 5.48. The topological polar surface area (TPSA) is 29.0 Å². The minimum absolute atomic E-state index is 0.892. The number of anilines is 3. The van der Waals surface area contributed by atoms with Gasteiger partial charge in [-0.05, 0) is 54.6 Å². The van der Waals surface area contributed by atoms with E-state index in [1.54, 1.807) is 0 Å². The number of hydrogen-bond donors (Lipinski definition) is 0. The first kappa shape index (κ1) is 18.6. The van der Waals surface area contributed by atoms with Gasteiger partial charge in [0.2, 0.25) is 0 Å². The lowest BCUT2D eigenvalue weighted by atomic mass is 10.1. The maximum absolute atomic E-state index is 4.82. The van der Waals surface area contributed by atoms with Crippen molar-refractivity contribution in [2.24, 2.45) is 0 Å². The molecule has 0 radical (unpaired) electrons. The molecule has 0 aliphatic heterocycles. The van der Waals surface area contributed by atoms with Crippen molar-refractivity contribution in [2.45, 2.75) is 13.8 Å². The number of aromatic nitrogens is 2. The van der Waals surface area contributed by atoms with Crippen molar-refractivity contribution in [3.63, 3.8) is 0 Å². The van der Waals surface area contributed by atoms with Gasteiger partial charge in [-0.3, -0.25) is 0 Å². The molecule has 0 fully saturated rings. The zero-order valence-corrected chi connectivity index (χ0v) is 16.7. The van der Waals surface area contributed by atoms with Gasteiger partial charge in [-0.2, -0.15) is 0 Å². The molecule has 0 saturated heterocycles. The molecule has 0 saturated carbocycles. The highest BCUT2D eigenvalue weighted by molar-refractivity contribution is 5.90. The second kappa shape index (κ2) is 8.53. The minimum atomic E-state index is 0.892. The van der Waals surface area contributed by atoms with Gasteiger partial charge in [-0.25, -0.2) is 9.97 Å². The van der Waals surface area contributed by atoms with Crippen molar-refractivity contribution in [1.29, 1.82) is 0 Å². The van der Waals surface area contributed by atoms with E-state index in [4.69, 9.17) is 9.97 Å². The van der Waals surface area contributed by atoms with Gasteiger partial charge >= 0.3 is 0 Å². The molecular weight excluding hydrogens is 354 g/mol. The van der Waals surface area contributed by atoms with E-state index in [0.717, 1.165) is 39.1 Å². The van der Waals surface area contributed by atoms with E-state index in [0.29, 0.717) is 0 Å². The third-order valence-corrected chi connectivity index (χ3v) is 4.61. The Balaban J connectivity index is 0.000000994. The molecule has 0 amide bonds. The second-order valence-electron chi connectivity index (χ2n) is 6.39. The summed E-state index contributed by atoms with van der Waals surface area (Å²) in [7, 11) is 0. The van der Waals surface area contributed by atoms with Crippen LogP contribution in [0.25, 0.3) is 22.1 Å². The molecule has 0 N–H and O–H groups in total. The van der Waals surface area contributed by atoms with Crippen molar-refractivity contribution in [3.8, 4) is 0 Å². The summed E-state index contributed by atoms with van der Waals surface area (Å²) >= 11 is 0. The predicted molar refractivity (Wildman–Crippen MR) is 123 cm³/mol. The van der Waals surface area contributed by atoms with Gasteiger partial charge in [-0.15, -0.1) is 0 Å². The molecule has 3 nitrogen and oxygen atoms in total. The summed E-state index contributed by atoms with van der Waals surface area (Å²) in [5.41, 5.74) is 6.90. The summed E-state index contributed by atoms with van der Waals surface area (Å²) in [5, 5.41) is 0. The van der Waals surface area contributed by atoms with Gasteiger partial charge in [0.15, 0.2) is 0 Å². The quantitative estimate of drug-likeness (QED) is 0.309. The Hall–Kier alpha value is -3.72. The zero-order valence-electron chi connectivity index (χ0n) is 16.7. The van der Waals surface area contributed by atoms with Crippen LogP contribution in [0.1, 0.15) is 13.8 Å². The van der Waals surface area contributed by atoms with E-state index in [-0.39, 0.29) is 0 Å². The Morgan fingerprint density at radius 2 is 0.897 bits per heavy atom. The first-order valence-electron chi connectivity index (χ1n) is 9.95. The van der Waals surface area contributed by atoms with Gasteiger partial charge in [0.25, 0.3) is 0 Å². The summed E-state index contributed by atoms with van der Waals surface area (Å²) in [6.45, 7) is 4.00. The number of hydrogen-bond acceptors (Lipinski definition) is 3. The second-order valence-corrected chi connectivity index (χ2v) is 6.39. The minimum Gasteiger partial charge on any atom is -0.310 e. The third kappa shape index (κ3) is 3.81. The molecular formula is C26H23N3. The Morgan fingerprint density at radius 3 is 1.45 bits per heavy atom. The van der Waals surface area contributed by atoms with Gasteiger partial charge in [0, 0.05) is 17.1 Å². The normalized spacial score (nSPS) is 10.4. The highest BCUT2D eigenvalue weighted by Crippen LogP contribution is 2.35. The van der Waals surface area contributed by atoms with Crippen LogP contribution >= 0.6 is 0 Å². The number of fused-ring (bicyclic) bond motifs is 2. The number of rotatable bonds is 3. The van der Waals surface area contributed by atoms with Crippen molar-refractivity contribution in [3.05, 3.63) is 103 Å². The Morgan fingerprint density at radius 1 is 0.448 bits per heavy atom. The Labute approximate surface area is 171 Å². The first-order chi connectivity index (χ1) is 14.4. The number of nitrogens with zero attached hydrogens (tertiary/aromatic N) is 3. The van der Waals surface area contributed by atoms with Crippen LogP contribution in [0.3, 0.4) is 0 Å². The predicted octanol–water partition coefficient (Wildman–Crippen LogP) is 7.28. The van der Waals surface area contributed by atoms with Crippen LogP contribution in [0.2, 0.25) is 0 Å². The SMILES string of the molecule is CC.c1ccc(N(c2ccccc2)c2ccc3nc4ccccc4nc3c2)cc1. The van der Waals surface area contributed by atoms with Gasteiger partial charge in [-0.1, -0.05) is 62.4 Å². The molecule has 3 heteroatoms. The molecule has 142 valence electrons. The lowest BCUT2D eigenvalue weighted by molar-refractivity contribution is 1.28. The van der Waals surface area contributed by atoms with Crippen LogP contribution in [-0.4, -0.2) is 9.97 Å². The molecule has 5 rings (SSSR count). The third-order valence-electron chi connectivity index (χ3n) is 4.61. The highest BCUT2D eigenvalue weighted by atomic mass is 15.1. The lowest BCUT2D eigenvalue weighted by Crippen LogP contribution is -2.09. The van der Waals surface area contributed by atoms with Crippen LogP contribution in [-0.2, 0) is 0 Å². The van der Waals surface area contributed by atoms with Gasteiger partial charge in [0.1, 0.15) is 0 Å². The monoisotopic (exact) mass is 377 g/mol. The van der Waals surface area contributed by atoms with Crippen LogP contribution in [0.5, 0.6) is 0 Å². The van der Waals surface area contributed by atoms with Crippen LogP contribution in [0.4, 0.5) is 17.1 Å². The van der Waals surface area contributed by atoms with Crippen molar-refractivity contribution >= 4 is 39.1 Å². The largest absolute Gasteiger partial charge is 0.310 e. The van der Waals surface area contributed by atoms with Crippen molar-refractivity contribution in [2.75, 3.05) is 4.90 Å². The summed E-state index contributed by atoms with van der Waals surface area (Å²) in [6.07, 6.45) is 0. The molecule has 0 aliphatic carbocycles. The molecule has 0 atom stereocenters. The number of benzene rings is 4. The molecule has 0 spiro atoms. The van der Waals surface area contributed by atoms with Crippen LogP contribution in [0.15, 0.2) is 103 Å². The molecule has 0 aliphatic rings. The van der Waals surface area contributed by atoms with Crippen molar-refractivity contribution < 1.29 is 0 Å². The summed E-state index contributed by atoms with van der Waals surface area (Å²) in [5.74, 6) is 0. The smallest absolute Gasteiger partial charge is 0.0915 e. The van der Waals surface area contributed by atoms with E-state index >= 15 is 0 Å². The highest BCUT2D eigenvalue weighted by Gasteiger charge is 2.13. The molecule has 1 aromatic heterocycles. The van der Waals surface area contributed by atoms with E-state index < -0.39 is 0 Å². The fourth-order valence-corrected chi connectivity index (χ4v) is 3.35. The molecule has 5 aromatic rings. The molecule has 29 heavy (non-hydrogen) atoms. The van der Waals surface area contributed by atoms with Crippen LogP contribution < -0.4 is 4.90 Å². The lowest BCUT2D eigenvalue weighted by Gasteiger charge is -2.25. The fourth-order valence-electron chi connectivity index (χ4n) is 3.35. The summed E-state index contributed by atoms with van der Waals surface area (Å²) < 4.78 is 0. The average Bonchev–Trinajstić information content (AvgIpc) is 2.80. The molecule has 4 aromatic carbocycles.